The summed E-state index contributed by atoms with van der Waals surface area (Å²) in [5.74, 6) is 1.81. The molecule has 0 radical (unpaired) electrons. The van der Waals surface area contributed by atoms with Crippen molar-refractivity contribution in [2.24, 2.45) is 18.9 Å². The van der Waals surface area contributed by atoms with Gasteiger partial charge in [-0.15, -0.1) is 0 Å². The molecule has 2 aromatic rings. The van der Waals surface area contributed by atoms with Gasteiger partial charge in [0.25, 0.3) is 0 Å². The summed E-state index contributed by atoms with van der Waals surface area (Å²) in [6.45, 7) is 0. The van der Waals surface area contributed by atoms with Crippen LogP contribution in [-0.2, 0) is 7.05 Å². The average Bonchev–Trinajstić information content (AvgIpc) is 2.91. The second kappa shape index (κ2) is 3.74. The number of rotatable bonds is 1. The summed E-state index contributed by atoms with van der Waals surface area (Å²) in [6, 6.07) is 11.1. The zero-order valence-corrected chi connectivity index (χ0v) is 10.9. The molecule has 1 saturated carbocycles. The Morgan fingerprint density at radius 2 is 2.06 bits per heavy atom. The molecule has 1 nitrogen and oxygen atoms in total. The van der Waals surface area contributed by atoms with Crippen molar-refractivity contribution in [1.82, 2.24) is 4.57 Å². The van der Waals surface area contributed by atoms with Crippen LogP contribution < -0.4 is 0 Å². The monoisotopic (exact) mass is 237 g/mol. The third kappa shape index (κ3) is 1.46. The minimum Gasteiger partial charge on any atom is -0.344 e. The van der Waals surface area contributed by atoms with Crippen LogP contribution in [0.1, 0.15) is 31.4 Å². The third-order valence-electron chi connectivity index (χ3n) is 4.81. The van der Waals surface area contributed by atoms with E-state index in [1.165, 1.54) is 42.3 Å². The van der Waals surface area contributed by atoms with Gasteiger partial charge in [-0.3, -0.25) is 0 Å². The molecule has 1 heteroatoms. The molecule has 0 unspecified atom stereocenters. The summed E-state index contributed by atoms with van der Waals surface area (Å²) in [7, 11) is 2.20. The van der Waals surface area contributed by atoms with Crippen LogP contribution in [0.4, 0.5) is 0 Å². The van der Waals surface area contributed by atoms with Gasteiger partial charge in [0.1, 0.15) is 0 Å². The van der Waals surface area contributed by atoms with Crippen molar-refractivity contribution in [1.29, 1.82) is 0 Å². The molecule has 1 heterocycles. The summed E-state index contributed by atoms with van der Waals surface area (Å²) >= 11 is 0. The van der Waals surface area contributed by atoms with E-state index in [1.807, 2.05) is 0 Å². The molecule has 0 N–H and O–H groups in total. The molecular formula is C17H19N. The molecule has 1 fully saturated rings. The van der Waals surface area contributed by atoms with E-state index < -0.39 is 0 Å². The van der Waals surface area contributed by atoms with E-state index >= 15 is 0 Å². The number of benzene rings is 1. The van der Waals surface area contributed by atoms with Crippen molar-refractivity contribution in [2.45, 2.75) is 25.7 Å². The van der Waals surface area contributed by atoms with Crippen molar-refractivity contribution >= 4 is 16.5 Å². The quantitative estimate of drug-likeness (QED) is 0.693. The largest absolute Gasteiger partial charge is 0.344 e. The van der Waals surface area contributed by atoms with Crippen LogP contribution in [0.25, 0.3) is 16.5 Å². The summed E-state index contributed by atoms with van der Waals surface area (Å²) in [4.78, 5) is 0. The van der Waals surface area contributed by atoms with Crippen LogP contribution in [0, 0.1) is 11.8 Å². The van der Waals surface area contributed by atoms with Gasteiger partial charge in [-0.2, -0.15) is 0 Å². The number of hydrogen-bond donors (Lipinski definition) is 0. The lowest BCUT2D eigenvalue weighted by molar-refractivity contribution is 0.527. The van der Waals surface area contributed by atoms with Crippen molar-refractivity contribution < 1.29 is 0 Å². The Morgan fingerprint density at radius 3 is 2.89 bits per heavy atom. The van der Waals surface area contributed by atoms with Gasteiger partial charge in [-0.05, 0) is 55.2 Å². The average molecular weight is 237 g/mol. The van der Waals surface area contributed by atoms with Crippen LogP contribution >= 0.6 is 0 Å². The maximum absolute atomic E-state index is 2.55. The molecule has 0 saturated heterocycles. The highest BCUT2D eigenvalue weighted by atomic mass is 14.9. The second-order valence-corrected chi connectivity index (χ2v) is 5.98. The first-order chi connectivity index (χ1) is 8.81. The molecule has 1 aromatic heterocycles. The lowest BCUT2D eigenvalue weighted by Gasteiger charge is -2.20. The van der Waals surface area contributed by atoms with Crippen molar-refractivity contribution in [3.8, 4) is 0 Å². The number of allylic oxidation sites excluding steroid dienone is 2. The third-order valence-corrected chi connectivity index (χ3v) is 4.81. The molecular weight excluding hydrogens is 218 g/mol. The van der Waals surface area contributed by atoms with Gasteiger partial charge in [-0.1, -0.05) is 24.3 Å². The van der Waals surface area contributed by atoms with E-state index in [4.69, 9.17) is 0 Å². The fourth-order valence-electron chi connectivity index (χ4n) is 3.90. The van der Waals surface area contributed by atoms with Crippen LogP contribution in [0.2, 0.25) is 0 Å². The smallest absolute Gasteiger partial charge is 0.0482 e. The molecule has 2 atom stereocenters. The van der Waals surface area contributed by atoms with Crippen molar-refractivity contribution in [2.75, 3.05) is 0 Å². The van der Waals surface area contributed by atoms with E-state index in [0.29, 0.717) is 0 Å². The molecule has 2 bridgehead atoms. The van der Waals surface area contributed by atoms with Crippen molar-refractivity contribution in [3.05, 3.63) is 42.1 Å². The number of fused-ring (bicyclic) bond motifs is 3. The lowest BCUT2D eigenvalue weighted by atomic mass is 9.88. The molecule has 2 aliphatic rings. The SMILES string of the molecule is Cn1c(C2=C[C@@H]3CC[C@H](C2)C3)cc2ccccc21. The molecule has 92 valence electrons. The molecule has 0 aliphatic heterocycles. The fourth-order valence-corrected chi connectivity index (χ4v) is 3.90. The van der Waals surface area contributed by atoms with E-state index in [-0.39, 0.29) is 0 Å². The molecule has 1 aromatic carbocycles. The first kappa shape index (κ1) is 10.4. The van der Waals surface area contributed by atoms with Crippen LogP contribution in [0.15, 0.2) is 36.4 Å². The summed E-state index contributed by atoms with van der Waals surface area (Å²) in [5.41, 5.74) is 4.38. The van der Waals surface area contributed by atoms with Gasteiger partial charge in [0.05, 0.1) is 0 Å². The van der Waals surface area contributed by atoms with Crippen molar-refractivity contribution in [3.63, 3.8) is 0 Å². The maximum atomic E-state index is 2.55. The molecule has 0 spiro atoms. The summed E-state index contributed by atoms with van der Waals surface area (Å²) in [5, 5.41) is 1.37. The number of nitrogens with zero attached hydrogens (tertiary/aromatic N) is 1. The Labute approximate surface area is 108 Å². The Kier molecular flexibility index (Phi) is 2.17. The second-order valence-electron chi connectivity index (χ2n) is 5.98. The number of aromatic nitrogens is 1. The standard InChI is InChI=1S/C17H19N/c1-18-16-5-3-2-4-14(16)11-17(18)15-9-12-6-7-13(8-12)10-15/h2-5,9,11-13H,6-8,10H2,1H3/t12-,13+/m1/s1. The normalized spacial score (nSPS) is 26.6. The van der Waals surface area contributed by atoms with Gasteiger partial charge in [-0.25, -0.2) is 0 Å². The Balaban J connectivity index is 1.85. The van der Waals surface area contributed by atoms with Gasteiger partial charge in [0.15, 0.2) is 0 Å². The lowest BCUT2D eigenvalue weighted by Crippen LogP contribution is -2.06. The molecule has 0 amide bonds. The number of para-hydroxylation sites is 1. The highest BCUT2D eigenvalue weighted by Gasteiger charge is 2.29. The van der Waals surface area contributed by atoms with Gasteiger partial charge < -0.3 is 4.57 Å². The number of aryl methyl sites for hydroxylation is 1. The van der Waals surface area contributed by atoms with Gasteiger partial charge in [0, 0.05) is 23.6 Å². The van der Waals surface area contributed by atoms with E-state index in [2.05, 4.69) is 48.0 Å². The maximum Gasteiger partial charge on any atom is 0.0482 e. The molecule has 18 heavy (non-hydrogen) atoms. The molecule has 4 rings (SSSR count). The minimum atomic E-state index is 0.858. The molecule has 2 aliphatic carbocycles. The van der Waals surface area contributed by atoms with E-state index in [0.717, 1.165) is 11.8 Å². The van der Waals surface area contributed by atoms with Gasteiger partial charge in [0.2, 0.25) is 0 Å². The first-order valence-corrected chi connectivity index (χ1v) is 7.07. The number of hydrogen-bond acceptors (Lipinski definition) is 0. The van der Waals surface area contributed by atoms with Crippen LogP contribution in [0.5, 0.6) is 0 Å². The highest BCUT2D eigenvalue weighted by Crippen LogP contribution is 2.44. The van der Waals surface area contributed by atoms with E-state index in [1.54, 1.807) is 5.57 Å². The topological polar surface area (TPSA) is 4.93 Å². The highest BCUT2D eigenvalue weighted by molar-refractivity contribution is 5.86. The zero-order valence-electron chi connectivity index (χ0n) is 10.9. The summed E-state index contributed by atoms with van der Waals surface area (Å²) < 4.78 is 2.37. The zero-order chi connectivity index (χ0) is 12.1. The van der Waals surface area contributed by atoms with Crippen LogP contribution in [0.3, 0.4) is 0 Å². The van der Waals surface area contributed by atoms with E-state index in [9.17, 15) is 0 Å². The van der Waals surface area contributed by atoms with Crippen LogP contribution in [-0.4, -0.2) is 4.57 Å². The Bertz CT molecular complexity index is 632. The Morgan fingerprint density at radius 1 is 1.17 bits per heavy atom. The fraction of sp³-hybridized carbons (Fsp3) is 0.412. The first-order valence-electron chi connectivity index (χ1n) is 7.07. The predicted molar refractivity (Wildman–Crippen MR) is 76.3 cm³/mol. The Hall–Kier alpha value is -1.50. The van der Waals surface area contributed by atoms with Gasteiger partial charge >= 0.3 is 0 Å². The minimum absolute atomic E-state index is 0.858. The predicted octanol–water partition coefficient (Wildman–Crippen LogP) is 4.38. The summed E-state index contributed by atoms with van der Waals surface area (Å²) in [6.07, 6.45) is 8.14.